The van der Waals surface area contributed by atoms with Gasteiger partial charge in [0.05, 0.1) is 5.75 Å². The summed E-state index contributed by atoms with van der Waals surface area (Å²) in [7, 11) is -2.86. The molecule has 5 heteroatoms. The third-order valence-corrected chi connectivity index (χ3v) is 5.91. The zero-order chi connectivity index (χ0) is 15.0. The van der Waals surface area contributed by atoms with E-state index in [1.807, 2.05) is 6.92 Å². The van der Waals surface area contributed by atoms with Crippen LogP contribution in [0.5, 0.6) is 0 Å². The van der Waals surface area contributed by atoms with Crippen molar-refractivity contribution in [2.75, 3.05) is 31.1 Å². The lowest BCUT2D eigenvalue weighted by molar-refractivity contribution is 0.126. The van der Waals surface area contributed by atoms with Crippen LogP contribution in [0.3, 0.4) is 0 Å². The molecule has 0 amide bonds. The number of hydrogen-bond acceptors (Lipinski definition) is 4. The standard InChI is InChI=1S/C15H32N2O2S/c1-4-7-14-13-17(15(8-5-2)12-16-14)9-11-20(18,19)10-6-3/h14-16H,4-13H2,1-3H3. The molecule has 1 rings (SSSR count). The Morgan fingerprint density at radius 2 is 1.75 bits per heavy atom. The highest BCUT2D eigenvalue weighted by Crippen LogP contribution is 2.15. The van der Waals surface area contributed by atoms with Crippen LogP contribution in [-0.2, 0) is 9.84 Å². The van der Waals surface area contributed by atoms with Gasteiger partial charge in [-0.15, -0.1) is 0 Å². The summed E-state index contributed by atoms with van der Waals surface area (Å²) in [5, 5.41) is 3.62. The smallest absolute Gasteiger partial charge is 0.151 e. The number of hydrogen-bond donors (Lipinski definition) is 1. The first kappa shape index (κ1) is 17.9. The van der Waals surface area contributed by atoms with Gasteiger partial charge in [-0.05, 0) is 19.3 Å². The molecular formula is C15H32N2O2S. The van der Waals surface area contributed by atoms with E-state index in [9.17, 15) is 8.42 Å². The molecule has 0 aromatic carbocycles. The normalized spacial score (nSPS) is 24.9. The number of sulfone groups is 1. The number of rotatable bonds is 9. The molecule has 20 heavy (non-hydrogen) atoms. The number of nitrogens with one attached hydrogen (secondary N) is 1. The Morgan fingerprint density at radius 3 is 2.35 bits per heavy atom. The topological polar surface area (TPSA) is 49.4 Å². The van der Waals surface area contributed by atoms with Crippen molar-refractivity contribution in [2.24, 2.45) is 0 Å². The first-order valence-corrected chi connectivity index (χ1v) is 10.0. The molecule has 1 aliphatic heterocycles. The van der Waals surface area contributed by atoms with Crippen LogP contribution >= 0.6 is 0 Å². The fourth-order valence-electron chi connectivity index (χ4n) is 3.03. The molecule has 2 unspecified atom stereocenters. The monoisotopic (exact) mass is 304 g/mol. The van der Waals surface area contributed by atoms with Crippen LogP contribution < -0.4 is 5.32 Å². The second kappa shape index (κ2) is 9.00. The van der Waals surface area contributed by atoms with Gasteiger partial charge < -0.3 is 5.32 Å². The Labute approximate surface area is 125 Å². The minimum atomic E-state index is -2.86. The summed E-state index contributed by atoms with van der Waals surface area (Å²) in [6.45, 7) is 9.04. The average molecular weight is 305 g/mol. The van der Waals surface area contributed by atoms with Crippen LogP contribution in [0.25, 0.3) is 0 Å². The summed E-state index contributed by atoms with van der Waals surface area (Å²) in [4.78, 5) is 2.41. The quantitative estimate of drug-likeness (QED) is 0.708. The van der Waals surface area contributed by atoms with E-state index in [4.69, 9.17) is 0 Å². The van der Waals surface area contributed by atoms with Crippen molar-refractivity contribution in [1.29, 1.82) is 0 Å². The van der Waals surface area contributed by atoms with Gasteiger partial charge in [-0.3, -0.25) is 4.90 Å². The average Bonchev–Trinajstić information content (AvgIpc) is 2.39. The van der Waals surface area contributed by atoms with Crippen LogP contribution in [0, 0.1) is 0 Å². The lowest BCUT2D eigenvalue weighted by Crippen LogP contribution is -2.57. The minimum absolute atomic E-state index is 0.319. The van der Waals surface area contributed by atoms with E-state index >= 15 is 0 Å². The van der Waals surface area contributed by atoms with Crippen molar-refractivity contribution in [2.45, 2.75) is 65.0 Å². The summed E-state index contributed by atoms with van der Waals surface area (Å²) in [6, 6.07) is 1.03. The first-order chi connectivity index (χ1) is 9.52. The highest BCUT2D eigenvalue weighted by Gasteiger charge is 2.27. The molecule has 0 spiro atoms. The molecule has 0 aromatic heterocycles. The summed E-state index contributed by atoms with van der Waals surface area (Å²) >= 11 is 0. The summed E-state index contributed by atoms with van der Waals surface area (Å²) in [5.74, 6) is 0.649. The molecule has 120 valence electrons. The SMILES string of the molecule is CCCC1CN(CCS(=O)(=O)CCC)C(CCC)CN1. The van der Waals surface area contributed by atoms with Crippen molar-refractivity contribution in [3.05, 3.63) is 0 Å². The van der Waals surface area contributed by atoms with Gasteiger partial charge in [0.2, 0.25) is 0 Å². The minimum Gasteiger partial charge on any atom is -0.311 e. The zero-order valence-electron chi connectivity index (χ0n) is 13.4. The lowest BCUT2D eigenvalue weighted by atomic mass is 10.0. The molecule has 1 N–H and O–H groups in total. The van der Waals surface area contributed by atoms with Crippen molar-refractivity contribution in [1.82, 2.24) is 10.2 Å². The fraction of sp³-hybridized carbons (Fsp3) is 1.00. The lowest BCUT2D eigenvalue weighted by Gasteiger charge is -2.40. The molecular weight excluding hydrogens is 272 g/mol. The van der Waals surface area contributed by atoms with Gasteiger partial charge >= 0.3 is 0 Å². The molecule has 0 bridgehead atoms. The number of nitrogens with zero attached hydrogens (tertiary/aromatic N) is 1. The van der Waals surface area contributed by atoms with Gasteiger partial charge in [-0.25, -0.2) is 8.42 Å². The molecule has 0 aliphatic carbocycles. The van der Waals surface area contributed by atoms with Gasteiger partial charge in [0.1, 0.15) is 0 Å². The van der Waals surface area contributed by atoms with E-state index in [-0.39, 0.29) is 0 Å². The van der Waals surface area contributed by atoms with Crippen LogP contribution in [-0.4, -0.2) is 56.5 Å². The fourth-order valence-corrected chi connectivity index (χ4v) is 4.37. The Hall–Kier alpha value is -0.130. The highest BCUT2D eigenvalue weighted by atomic mass is 32.2. The van der Waals surface area contributed by atoms with E-state index in [1.54, 1.807) is 0 Å². The maximum Gasteiger partial charge on any atom is 0.151 e. The second-order valence-electron chi connectivity index (χ2n) is 5.98. The summed E-state index contributed by atoms with van der Waals surface area (Å²) < 4.78 is 23.8. The molecule has 1 fully saturated rings. The molecule has 0 radical (unpaired) electrons. The van der Waals surface area contributed by atoms with Crippen LogP contribution in [0.4, 0.5) is 0 Å². The van der Waals surface area contributed by atoms with Gasteiger partial charge in [0.15, 0.2) is 9.84 Å². The van der Waals surface area contributed by atoms with Crippen molar-refractivity contribution in [3.63, 3.8) is 0 Å². The van der Waals surface area contributed by atoms with Crippen LogP contribution in [0.15, 0.2) is 0 Å². The maximum absolute atomic E-state index is 11.9. The summed E-state index contributed by atoms with van der Waals surface area (Å²) in [6.07, 6.45) is 5.39. The van der Waals surface area contributed by atoms with Gasteiger partial charge in [0, 0.05) is 37.5 Å². The Morgan fingerprint density at radius 1 is 1.05 bits per heavy atom. The van der Waals surface area contributed by atoms with Gasteiger partial charge in [-0.1, -0.05) is 33.6 Å². The van der Waals surface area contributed by atoms with Crippen LogP contribution in [0.1, 0.15) is 52.9 Å². The second-order valence-corrected chi connectivity index (χ2v) is 8.29. The molecule has 4 nitrogen and oxygen atoms in total. The molecule has 1 saturated heterocycles. The Balaban J connectivity index is 2.55. The van der Waals surface area contributed by atoms with E-state index in [0.29, 0.717) is 30.1 Å². The Kier molecular flexibility index (Phi) is 8.07. The third-order valence-electron chi connectivity index (χ3n) is 4.08. The molecule has 0 aromatic rings. The number of piperazine rings is 1. The predicted molar refractivity (Wildman–Crippen MR) is 85.9 cm³/mol. The van der Waals surface area contributed by atoms with E-state index in [0.717, 1.165) is 32.4 Å². The van der Waals surface area contributed by atoms with Crippen molar-refractivity contribution < 1.29 is 8.42 Å². The van der Waals surface area contributed by atoms with E-state index in [1.165, 1.54) is 12.8 Å². The van der Waals surface area contributed by atoms with Crippen LogP contribution in [0.2, 0.25) is 0 Å². The van der Waals surface area contributed by atoms with E-state index < -0.39 is 9.84 Å². The largest absolute Gasteiger partial charge is 0.311 e. The Bertz CT molecular complexity index is 357. The molecule has 1 heterocycles. The first-order valence-electron chi connectivity index (χ1n) is 8.20. The molecule has 0 saturated carbocycles. The highest BCUT2D eigenvalue weighted by molar-refractivity contribution is 7.91. The molecule has 1 aliphatic rings. The predicted octanol–water partition coefficient (Wildman–Crippen LogP) is 2.05. The third kappa shape index (κ3) is 6.10. The van der Waals surface area contributed by atoms with Gasteiger partial charge in [-0.2, -0.15) is 0 Å². The van der Waals surface area contributed by atoms with Gasteiger partial charge in [0.25, 0.3) is 0 Å². The van der Waals surface area contributed by atoms with E-state index in [2.05, 4.69) is 24.1 Å². The maximum atomic E-state index is 11.9. The van der Waals surface area contributed by atoms with Crippen molar-refractivity contribution >= 4 is 9.84 Å². The summed E-state index contributed by atoms with van der Waals surface area (Å²) in [5.41, 5.74) is 0. The zero-order valence-corrected chi connectivity index (χ0v) is 14.2. The van der Waals surface area contributed by atoms with Crippen molar-refractivity contribution in [3.8, 4) is 0 Å². The molecule has 2 atom stereocenters.